The zero-order valence-corrected chi connectivity index (χ0v) is 15.8. The smallest absolute Gasteiger partial charge is 0.123 e. The third-order valence-corrected chi connectivity index (χ3v) is 5.23. The van der Waals surface area contributed by atoms with Crippen LogP contribution < -0.4 is 0 Å². The first-order chi connectivity index (χ1) is 14.3. The number of nitrogens with zero attached hydrogens (tertiary/aromatic N) is 5. The minimum absolute atomic E-state index is 0.145. The van der Waals surface area contributed by atoms with Crippen LogP contribution in [0.15, 0.2) is 67.1 Å². The van der Waals surface area contributed by atoms with Crippen LogP contribution in [0.25, 0.3) is 16.6 Å². The largest absolute Gasteiger partial charge is 0.369 e. The highest BCUT2D eigenvalue weighted by Crippen LogP contribution is 2.27. The fourth-order valence-corrected chi connectivity index (χ4v) is 3.72. The van der Waals surface area contributed by atoms with E-state index in [2.05, 4.69) is 26.3 Å². The van der Waals surface area contributed by atoms with Crippen LogP contribution in [0.4, 0.5) is 4.39 Å². The monoisotopic (exact) mass is 389 g/mol. The maximum Gasteiger partial charge on any atom is 0.123 e. The number of rotatable bonds is 4. The third-order valence-electron chi connectivity index (χ3n) is 5.23. The van der Waals surface area contributed by atoms with Gasteiger partial charge in [0.15, 0.2) is 0 Å². The zero-order chi connectivity index (χ0) is 19.6. The molecule has 1 aliphatic rings. The van der Waals surface area contributed by atoms with Gasteiger partial charge in [-0.2, -0.15) is 0 Å². The first-order valence-corrected chi connectivity index (χ1v) is 9.60. The Morgan fingerprint density at radius 1 is 1.00 bits per heavy atom. The van der Waals surface area contributed by atoms with E-state index in [1.807, 2.05) is 36.5 Å². The summed E-state index contributed by atoms with van der Waals surface area (Å²) >= 11 is 0. The molecule has 1 atom stereocenters. The summed E-state index contributed by atoms with van der Waals surface area (Å²) in [6, 6.07) is 14.7. The van der Waals surface area contributed by atoms with E-state index in [1.54, 1.807) is 16.9 Å². The molecule has 29 heavy (non-hydrogen) atoms. The van der Waals surface area contributed by atoms with Crippen LogP contribution in [-0.2, 0) is 11.3 Å². The fourth-order valence-electron chi connectivity index (χ4n) is 3.72. The average Bonchev–Trinajstić information content (AvgIpc) is 3.19. The maximum atomic E-state index is 13.1. The van der Waals surface area contributed by atoms with Gasteiger partial charge in [0.25, 0.3) is 0 Å². The van der Waals surface area contributed by atoms with E-state index in [0.717, 1.165) is 47.5 Å². The van der Waals surface area contributed by atoms with Crippen molar-refractivity contribution in [3.8, 4) is 11.1 Å². The Morgan fingerprint density at radius 2 is 1.83 bits per heavy atom. The van der Waals surface area contributed by atoms with Gasteiger partial charge in [-0.05, 0) is 41.5 Å². The molecule has 4 heterocycles. The molecular weight excluding hydrogens is 369 g/mol. The molecule has 0 aliphatic carbocycles. The van der Waals surface area contributed by atoms with Gasteiger partial charge in [-0.15, -0.1) is 5.10 Å². The molecule has 0 N–H and O–H groups in total. The molecule has 0 bridgehead atoms. The van der Waals surface area contributed by atoms with E-state index in [1.165, 1.54) is 12.1 Å². The van der Waals surface area contributed by atoms with Crippen molar-refractivity contribution in [2.45, 2.75) is 12.6 Å². The fraction of sp³-hybridized carbons (Fsp3) is 0.227. The third kappa shape index (κ3) is 3.74. The summed E-state index contributed by atoms with van der Waals surface area (Å²) in [5, 5.41) is 8.72. The van der Waals surface area contributed by atoms with Crippen molar-refractivity contribution in [1.29, 1.82) is 0 Å². The van der Waals surface area contributed by atoms with Crippen molar-refractivity contribution in [2.75, 3.05) is 19.7 Å². The van der Waals surface area contributed by atoms with Crippen molar-refractivity contribution in [2.24, 2.45) is 0 Å². The molecule has 4 aromatic rings. The van der Waals surface area contributed by atoms with Crippen LogP contribution >= 0.6 is 0 Å². The summed E-state index contributed by atoms with van der Waals surface area (Å²) in [6.45, 7) is 2.93. The quantitative estimate of drug-likeness (QED) is 0.535. The van der Waals surface area contributed by atoms with E-state index < -0.39 is 0 Å². The normalized spacial score (nSPS) is 17.6. The van der Waals surface area contributed by atoms with Crippen LogP contribution in [0.1, 0.15) is 17.4 Å². The molecule has 0 saturated carbocycles. The highest BCUT2D eigenvalue weighted by atomic mass is 19.1. The second kappa shape index (κ2) is 7.69. The molecule has 0 amide bonds. The molecule has 0 unspecified atom stereocenters. The lowest BCUT2D eigenvalue weighted by Gasteiger charge is -2.32. The number of ether oxygens (including phenoxy) is 1. The van der Waals surface area contributed by atoms with Gasteiger partial charge < -0.3 is 4.74 Å². The standard InChI is InChI=1S/C22H20FN5O/c23-19-4-1-16(2-5-19)13-27-11-12-29-21(15-27)22-20-6-3-18(14-28(20)26-25-22)17-7-9-24-10-8-17/h1-10,14,21H,11-13,15H2/t21-/m0/s1. The molecule has 7 heteroatoms. The Labute approximate surface area is 167 Å². The molecule has 1 fully saturated rings. The van der Waals surface area contributed by atoms with Crippen LogP contribution in [0, 0.1) is 5.82 Å². The van der Waals surface area contributed by atoms with Crippen LogP contribution in [0.3, 0.4) is 0 Å². The Bertz CT molecular complexity index is 1110. The van der Waals surface area contributed by atoms with E-state index in [0.29, 0.717) is 6.61 Å². The molecule has 0 spiro atoms. The minimum atomic E-state index is -0.213. The Hall–Kier alpha value is -3.16. The highest BCUT2D eigenvalue weighted by molar-refractivity contribution is 5.65. The van der Waals surface area contributed by atoms with E-state index in [9.17, 15) is 4.39 Å². The van der Waals surface area contributed by atoms with E-state index in [-0.39, 0.29) is 11.9 Å². The molecule has 0 radical (unpaired) electrons. The molecular formula is C22H20FN5O. The lowest BCUT2D eigenvalue weighted by molar-refractivity contribution is -0.0343. The summed E-state index contributed by atoms with van der Waals surface area (Å²) in [4.78, 5) is 6.37. The second-order valence-corrected chi connectivity index (χ2v) is 7.18. The SMILES string of the molecule is Fc1ccc(CN2CCO[C@H](c3nnn4cc(-c5ccncc5)ccc34)C2)cc1. The van der Waals surface area contributed by atoms with Gasteiger partial charge in [-0.3, -0.25) is 9.88 Å². The number of benzene rings is 1. The van der Waals surface area contributed by atoms with Gasteiger partial charge in [0, 0.05) is 43.8 Å². The number of aromatic nitrogens is 4. The number of halogens is 1. The van der Waals surface area contributed by atoms with Gasteiger partial charge in [0.1, 0.15) is 17.6 Å². The molecule has 146 valence electrons. The maximum absolute atomic E-state index is 13.1. The molecule has 3 aromatic heterocycles. The molecule has 1 saturated heterocycles. The lowest BCUT2D eigenvalue weighted by atomic mass is 10.1. The number of hydrogen-bond donors (Lipinski definition) is 0. The van der Waals surface area contributed by atoms with Crippen molar-refractivity contribution >= 4 is 5.52 Å². The average molecular weight is 389 g/mol. The lowest BCUT2D eigenvalue weighted by Crippen LogP contribution is -2.38. The molecule has 1 aliphatic heterocycles. The van der Waals surface area contributed by atoms with Gasteiger partial charge in [0.2, 0.25) is 0 Å². The predicted octanol–water partition coefficient (Wildman–Crippen LogP) is 3.50. The second-order valence-electron chi connectivity index (χ2n) is 7.18. The number of morpholine rings is 1. The summed E-state index contributed by atoms with van der Waals surface area (Å²) in [5.74, 6) is -0.213. The summed E-state index contributed by atoms with van der Waals surface area (Å²) < 4.78 is 20.9. The van der Waals surface area contributed by atoms with Crippen molar-refractivity contribution < 1.29 is 9.13 Å². The van der Waals surface area contributed by atoms with Crippen molar-refractivity contribution in [3.63, 3.8) is 0 Å². The van der Waals surface area contributed by atoms with E-state index in [4.69, 9.17) is 4.74 Å². The predicted molar refractivity (Wildman–Crippen MR) is 107 cm³/mol. The molecule has 6 nitrogen and oxygen atoms in total. The van der Waals surface area contributed by atoms with Crippen LogP contribution in [-0.4, -0.2) is 44.4 Å². The summed E-state index contributed by atoms with van der Waals surface area (Å²) in [5.41, 5.74) is 5.01. The van der Waals surface area contributed by atoms with Gasteiger partial charge in [-0.1, -0.05) is 23.4 Å². The van der Waals surface area contributed by atoms with Crippen LogP contribution in [0.2, 0.25) is 0 Å². The van der Waals surface area contributed by atoms with Crippen molar-refractivity contribution in [3.05, 3.63) is 84.2 Å². The molecule has 1 aromatic carbocycles. The van der Waals surface area contributed by atoms with Crippen LogP contribution in [0.5, 0.6) is 0 Å². The Balaban J connectivity index is 1.36. The first kappa shape index (κ1) is 17.9. The van der Waals surface area contributed by atoms with Gasteiger partial charge in [0.05, 0.1) is 12.1 Å². The molecule has 5 rings (SSSR count). The topological polar surface area (TPSA) is 55.5 Å². The minimum Gasteiger partial charge on any atom is -0.369 e. The number of fused-ring (bicyclic) bond motifs is 1. The summed E-state index contributed by atoms with van der Waals surface area (Å²) in [7, 11) is 0. The highest BCUT2D eigenvalue weighted by Gasteiger charge is 2.26. The Kier molecular flexibility index (Phi) is 4.75. The van der Waals surface area contributed by atoms with Gasteiger partial charge in [-0.25, -0.2) is 8.91 Å². The number of pyridine rings is 2. The van der Waals surface area contributed by atoms with E-state index >= 15 is 0 Å². The zero-order valence-electron chi connectivity index (χ0n) is 15.8. The van der Waals surface area contributed by atoms with Gasteiger partial charge >= 0.3 is 0 Å². The summed E-state index contributed by atoms with van der Waals surface area (Å²) in [6.07, 6.45) is 5.38. The Morgan fingerprint density at radius 3 is 2.66 bits per heavy atom. The first-order valence-electron chi connectivity index (χ1n) is 9.60. The number of hydrogen-bond acceptors (Lipinski definition) is 5. The van der Waals surface area contributed by atoms with Crippen molar-refractivity contribution in [1.82, 2.24) is 24.7 Å².